The van der Waals surface area contributed by atoms with E-state index < -0.39 is 29.8 Å². The number of pyridine rings is 1. The minimum absolute atomic E-state index is 0.262. The van der Waals surface area contributed by atoms with Gasteiger partial charge in [-0.3, -0.25) is 35.0 Å². The Bertz CT molecular complexity index is 1130. The van der Waals surface area contributed by atoms with E-state index in [9.17, 15) is 19.2 Å². The van der Waals surface area contributed by atoms with Gasteiger partial charge in [0.25, 0.3) is 5.91 Å². The maximum Gasteiger partial charge on any atom is 0.306 e. The number of hydrazine groups is 1. The lowest BCUT2D eigenvalue weighted by atomic mass is 10.1. The number of carbonyl (C=O) groups is 4. The average Bonchev–Trinajstić information content (AvgIpc) is 2.71. The predicted octanol–water partition coefficient (Wildman–Crippen LogP) is 2.80. The number of carbonyl (C=O) groups excluding carboxylic acids is 4. The van der Waals surface area contributed by atoms with Crippen LogP contribution >= 0.6 is 11.6 Å². The number of hydrogen-bond acceptors (Lipinski definition) is 5. The number of Topliss-reactive ketones (excluding diaryl/α,β-unsaturated/α-hetero) is 2. The van der Waals surface area contributed by atoms with Gasteiger partial charge in [0.15, 0.2) is 5.78 Å². The average molecular weight is 410 g/mol. The predicted molar refractivity (Wildman–Crippen MR) is 107 cm³/mol. The van der Waals surface area contributed by atoms with Crippen molar-refractivity contribution in [3.05, 3.63) is 76.4 Å². The first-order chi connectivity index (χ1) is 13.8. The number of amides is 2. The molecule has 146 valence electrons. The molecule has 3 rings (SSSR count). The van der Waals surface area contributed by atoms with Gasteiger partial charge >= 0.3 is 5.91 Å². The normalized spacial score (nSPS) is 10.4. The van der Waals surface area contributed by atoms with Crippen molar-refractivity contribution in [1.82, 2.24) is 15.8 Å². The number of aromatic nitrogens is 1. The van der Waals surface area contributed by atoms with E-state index in [-0.39, 0.29) is 5.56 Å². The third-order valence-corrected chi connectivity index (χ3v) is 4.37. The van der Waals surface area contributed by atoms with E-state index in [0.29, 0.717) is 27.2 Å². The van der Waals surface area contributed by atoms with Crippen molar-refractivity contribution in [3.8, 4) is 0 Å². The Kier molecular flexibility index (Phi) is 5.99. The van der Waals surface area contributed by atoms with Crippen LogP contribution in [0.1, 0.15) is 32.8 Å². The van der Waals surface area contributed by atoms with Crippen LogP contribution in [0.25, 0.3) is 10.9 Å². The second kappa shape index (κ2) is 8.62. The zero-order chi connectivity index (χ0) is 21.0. The van der Waals surface area contributed by atoms with Gasteiger partial charge in [-0.05, 0) is 43.3 Å². The fraction of sp³-hybridized carbons (Fsp3) is 0.0952. The molecule has 2 amide bonds. The lowest BCUT2D eigenvalue weighted by Gasteiger charge is -2.09. The Balaban J connectivity index is 1.63. The molecule has 0 spiro atoms. The van der Waals surface area contributed by atoms with Crippen LogP contribution in [-0.2, 0) is 9.59 Å². The molecule has 29 heavy (non-hydrogen) atoms. The minimum atomic E-state index is -1.09. The quantitative estimate of drug-likeness (QED) is 0.292. The van der Waals surface area contributed by atoms with E-state index >= 15 is 0 Å². The summed E-state index contributed by atoms with van der Waals surface area (Å²) in [6.45, 7) is 1.74. The highest BCUT2D eigenvalue weighted by Crippen LogP contribution is 2.18. The Labute approximate surface area is 171 Å². The molecule has 2 N–H and O–H groups in total. The summed E-state index contributed by atoms with van der Waals surface area (Å²) in [5.41, 5.74) is 6.08. The van der Waals surface area contributed by atoms with E-state index in [4.69, 9.17) is 11.6 Å². The standard InChI is InChI=1S/C21H16ClN3O4/c1-12-10-16(15-4-2-3-5-17(15)23-12)20(28)24-25-21(29)19(27)11-18(26)13-6-8-14(22)9-7-13/h2-10H,11H2,1H3,(H,24,28)(H,25,29). The van der Waals surface area contributed by atoms with Gasteiger partial charge in [-0.15, -0.1) is 0 Å². The van der Waals surface area contributed by atoms with Crippen LogP contribution in [0.2, 0.25) is 5.02 Å². The van der Waals surface area contributed by atoms with Crippen LogP contribution < -0.4 is 10.9 Å². The molecule has 0 saturated heterocycles. The third kappa shape index (κ3) is 4.83. The SMILES string of the molecule is Cc1cc(C(=O)NNC(=O)C(=O)CC(=O)c2ccc(Cl)cc2)c2ccccc2n1. The molecule has 0 aliphatic heterocycles. The van der Waals surface area contributed by atoms with Crippen molar-refractivity contribution in [1.29, 1.82) is 0 Å². The van der Waals surface area contributed by atoms with Gasteiger partial charge < -0.3 is 0 Å². The molecule has 0 radical (unpaired) electrons. The van der Waals surface area contributed by atoms with Crippen molar-refractivity contribution in [2.24, 2.45) is 0 Å². The summed E-state index contributed by atoms with van der Waals surface area (Å²) in [6, 6.07) is 14.6. The number of ketones is 2. The van der Waals surface area contributed by atoms with Gasteiger partial charge in [0.05, 0.1) is 17.5 Å². The molecule has 0 aliphatic rings. The molecule has 0 unspecified atom stereocenters. The maximum atomic E-state index is 12.5. The molecular formula is C21H16ClN3O4. The summed E-state index contributed by atoms with van der Waals surface area (Å²) in [4.78, 5) is 52.8. The highest BCUT2D eigenvalue weighted by Gasteiger charge is 2.20. The Hall–Kier alpha value is -3.58. The molecule has 7 nitrogen and oxygen atoms in total. The number of aryl methyl sites for hydroxylation is 1. The van der Waals surface area contributed by atoms with Gasteiger partial charge in [-0.2, -0.15) is 0 Å². The largest absolute Gasteiger partial charge is 0.306 e. The van der Waals surface area contributed by atoms with Gasteiger partial charge in [-0.25, -0.2) is 0 Å². The van der Waals surface area contributed by atoms with Crippen LogP contribution in [0.5, 0.6) is 0 Å². The maximum absolute atomic E-state index is 12.5. The smallest absolute Gasteiger partial charge is 0.294 e. The highest BCUT2D eigenvalue weighted by atomic mass is 35.5. The summed E-state index contributed by atoms with van der Waals surface area (Å²) in [7, 11) is 0. The van der Waals surface area contributed by atoms with Crippen LogP contribution in [0.3, 0.4) is 0 Å². The van der Waals surface area contributed by atoms with E-state index in [1.807, 2.05) is 5.43 Å². The third-order valence-electron chi connectivity index (χ3n) is 4.12. The first-order valence-corrected chi connectivity index (χ1v) is 9.01. The van der Waals surface area contributed by atoms with Gasteiger partial charge in [-0.1, -0.05) is 29.8 Å². The summed E-state index contributed by atoms with van der Waals surface area (Å²) >= 11 is 5.75. The zero-order valence-electron chi connectivity index (χ0n) is 15.4. The number of nitrogens with zero attached hydrogens (tertiary/aromatic N) is 1. The Morgan fingerprint density at radius 3 is 2.38 bits per heavy atom. The van der Waals surface area contributed by atoms with Crippen LogP contribution in [0.4, 0.5) is 0 Å². The van der Waals surface area contributed by atoms with Crippen molar-refractivity contribution < 1.29 is 19.2 Å². The molecule has 0 saturated carbocycles. The second-order valence-electron chi connectivity index (χ2n) is 6.27. The fourth-order valence-corrected chi connectivity index (χ4v) is 2.84. The number of nitrogens with one attached hydrogen (secondary N) is 2. The van der Waals surface area contributed by atoms with E-state index in [0.717, 1.165) is 0 Å². The summed E-state index contributed by atoms with van der Waals surface area (Å²) in [6.07, 6.45) is -0.624. The second-order valence-corrected chi connectivity index (χ2v) is 6.70. The number of rotatable bonds is 5. The molecule has 1 heterocycles. The molecule has 0 fully saturated rings. The van der Waals surface area contributed by atoms with E-state index in [1.54, 1.807) is 37.3 Å². The lowest BCUT2D eigenvalue weighted by Crippen LogP contribution is -2.45. The van der Waals surface area contributed by atoms with Crippen LogP contribution in [0, 0.1) is 6.92 Å². The van der Waals surface area contributed by atoms with Gasteiger partial charge in [0.1, 0.15) is 0 Å². The fourth-order valence-electron chi connectivity index (χ4n) is 2.71. The lowest BCUT2D eigenvalue weighted by molar-refractivity contribution is -0.137. The molecule has 0 atom stereocenters. The molecule has 0 bridgehead atoms. The molecule has 2 aromatic carbocycles. The summed E-state index contributed by atoms with van der Waals surface area (Å²) in [5.74, 6) is -3.18. The number of hydrogen-bond donors (Lipinski definition) is 2. The van der Waals surface area contributed by atoms with Crippen molar-refractivity contribution in [2.75, 3.05) is 0 Å². The van der Waals surface area contributed by atoms with Gasteiger partial charge in [0, 0.05) is 21.7 Å². The van der Waals surface area contributed by atoms with Gasteiger partial charge in [0.2, 0.25) is 5.78 Å². The number of fused-ring (bicyclic) bond motifs is 1. The molecule has 3 aromatic rings. The Morgan fingerprint density at radius 2 is 1.66 bits per heavy atom. The first kappa shape index (κ1) is 20.2. The number of benzene rings is 2. The highest BCUT2D eigenvalue weighted by molar-refractivity contribution is 6.40. The summed E-state index contributed by atoms with van der Waals surface area (Å²) < 4.78 is 0. The van der Waals surface area contributed by atoms with Crippen LogP contribution in [0.15, 0.2) is 54.6 Å². The minimum Gasteiger partial charge on any atom is -0.294 e. The molecule has 0 aliphatic carbocycles. The van der Waals surface area contributed by atoms with Crippen molar-refractivity contribution >= 4 is 45.9 Å². The first-order valence-electron chi connectivity index (χ1n) is 8.64. The van der Waals surface area contributed by atoms with Crippen molar-refractivity contribution in [3.63, 3.8) is 0 Å². The number of halogens is 1. The van der Waals surface area contributed by atoms with Crippen molar-refractivity contribution in [2.45, 2.75) is 13.3 Å². The van der Waals surface area contributed by atoms with Crippen LogP contribution in [-0.4, -0.2) is 28.4 Å². The topological polar surface area (TPSA) is 105 Å². The Morgan fingerprint density at radius 1 is 0.966 bits per heavy atom. The monoisotopic (exact) mass is 409 g/mol. The molecule has 1 aromatic heterocycles. The molecule has 8 heteroatoms. The van der Waals surface area contributed by atoms with E-state index in [2.05, 4.69) is 10.4 Å². The summed E-state index contributed by atoms with van der Waals surface area (Å²) in [5, 5.41) is 1.06. The zero-order valence-corrected chi connectivity index (χ0v) is 16.1. The van der Waals surface area contributed by atoms with E-state index in [1.165, 1.54) is 24.3 Å². The number of para-hydroxylation sites is 1. The molecular weight excluding hydrogens is 394 g/mol.